The number of aromatic nitrogens is 3. The zero-order chi connectivity index (χ0) is 12.3. The Morgan fingerprint density at radius 3 is 2.88 bits per heavy atom. The summed E-state index contributed by atoms with van der Waals surface area (Å²) in [6, 6.07) is 3.61. The molecule has 0 aliphatic rings. The molecule has 5 nitrogen and oxygen atoms in total. The van der Waals surface area contributed by atoms with Gasteiger partial charge < -0.3 is 14.9 Å². The first kappa shape index (κ1) is 11.6. The van der Waals surface area contributed by atoms with E-state index in [0.717, 1.165) is 12.2 Å². The molecule has 2 N–H and O–H groups in total. The number of pyridine rings is 1. The van der Waals surface area contributed by atoms with Crippen LogP contribution in [0.5, 0.6) is 0 Å². The van der Waals surface area contributed by atoms with Crippen LogP contribution in [-0.2, 0) is 26.6 Å². The molecule has 0 aliphatic carbocycles. The number of aryl methyl sites for hydroxylation is 3. The first-order chi connectivity index (χ1) is 8.22. The zero-order valence-electron chi connectivity index (χ0n) is 9.84. The lowest BCUT2D eigenvalue weighted by atomic mass is 10.2. The zero-order valence-corrected chi connectivity index (χ0v) is 9.84. The van der Waals surface area contributed by atoms with Crippen molar-refractivity contribution in [3.63, 3.8) is 0 Å². The van der Waals surface area contributed by atoms with Gasteiger partial charge in [-0.1, -0.05) is 6.07 Å². The summed E-state index contributed by atoms with van der Waals surface area (Å²) in [4.78, 5) is 16.1. The van der Waals surface area contributed by atoms with Crippen LogP contribution in [-0.4, -0.2) is 14.1 Å². The molecule has 2 aromatic rings. The highest BCUT2D eigenvalue weighted by atomic mass is 16.1. The Hall–Kier alpha value is -1.88. The molecule has 0 saturated heterocycles. The summed E-state index contributed by atoms with van der Waals surface area (Å²) in [7, 11) is 1.95. The van der Waals surface area contributed by atoms with Crippen molar-refractivity contribution in [1.29, 1.82) is 0 Å². The van der Waals surface area contributed by atoms with Crippen molar-refractivity contribution in [2.24, 2.45) is 12.8 Å². The van der Waals surface area contributed by atoms with Gasteiger partial charge >= 0.3 is 0 Å². The van der Waals surface area contributed by atoms with Crippen molar-refractivity contribution in [2.75, 3.05) is 0 Å². The summed E-state index contributed by atoms with van der Waals surface area (Å²) < 4.78 is 3.63. The van der Waals surface area contributed by atoms with Gasteiger partial charge in [-0.2, -0.15) is 0 Å². The van der Waals surface area contributed by atoms with Gasteiger partial charge in [0.15, 0.2) is 0 Å². The number of imidazole rings is 1. The quantitative estimate of drug-likeness (QED) is 0.823. The second-order valence-corrected chi connectivity index (χ2v) is 3.94. The van der Waals surface area contributed by atoms with Crippen LogP contribution in [0.2, 0.25) is 0 Å². The lowest BCUT2D eigenvalue weighted by molar-refractivity contribution is 0.626. The molecular formula is C12H16N4O. The molecule has 0 radical (unpaired) electrons. The maximum absolute atomic E-state index is 11.9. The van der Waals surface area contributed by atoms with Gasteiger partial charge in [0.25, 0.3) is 5.56 Å². The van der Waals surface area contributed by atoms with Gasteiger partial charge in [0.05, 0.1) is 0 Å². The van der Waals surface area contributed by atoms with Crippen molar-refractivity contribution in [1.82, 2.24) is 14.1 Å². The molecule has 0 amide bonds. The van der Waals surface area contributed by atoms with Gasteiger partial charge in [0.1, 0.15) is 5.82 Å². The van der Waals surface area contributed by atoms with Crippen LogP contribution >= 0.6 is 0 Å². The van der Waals surface area contributed by atoms with Crippen molar-refractivity contribution in [2.45, 2.75) is 19.5 Å². The normalized spacial score (nSPS) is 10.7. The molecule has 2 heterocycles. The van der Waals surface area contributed by atoms with E-state index in [1.807, 2.05) is 23.9 Å². The third-order valence-corrected chi connectivity index (χ3v) is 2.82. The average molecular weight is 232 g/mol. The van der Waals surface area contributed by atoms with E-state index < -0.39 is 0 Å². The summed E-state index contributed by atoms with van der Waals surface area (Å²) in [5, 5.41) is 0. The smallest absolute Gasteiger partial charge is 0.255 e. The minimum Gasteiger partial charge on any atom is -0.338 e. The molecule has 5 heteroatoms. The fourth-order valence-electron chi connectivity index (χ4n) is 1.78. The average Bonchev–Trinajstić information content (AvgIpc) is 2.74. The van der Waals surface area contributed by atoms with Gasteiger partial charge in [0.2, 0.25) is 0 Å². The minimum atomic E-state index is -0.00999. The molecular weight excluding hydrogens is 216 g/mol. The third kappa shape index (κ3) is 2.45. The van der Waals surface area contributed by atoms with Gasteiger partial charge in [0, 0.05) is 50.7 Å². The fourth-order valence-corrected chi connectivity index (χ4v) is 1.78. The van der Waals surface area contributed by atoms with Crippen molar-refractivity contribution >= 4 is 0 Å². The fraction of sp³-hybridized carbons (Fsp3) is 0.333. The van der Waals surface area contributed by atoms with Crippen molar-refractivity contribution in [3.05, 3.63) is 52.5 Å². The molecule has 0 unspecified atom stereocenters. The number of hydrogen-bond acceptors (Lipinski definition) is 3. The lowest BCUT2D eigenvalue weighted by Crippen LogP contribution is -2.25. The molecule has 0 aliphatic heterocycles. The van der Waals surface area contributed by atoms with Crippen LogP contribution in [0, 0.1) is 0 Å². The second-order valence-electron chi connectivity index (χ2n) is 3.94. The monoisotopic (exact) mass is 232 g/mol. The minimum absolute atomic E-state index is 0.00999. The number of hydrogen-bond donors (Lipinski definition) is 1. The predicted molar refractivity (Wildman–Crippen MR) is 65.5 cm³/mol. The van der Waals surface area contributed by atoms with Crippen LogP contribution in [0.3, 0.4) is 0 Å². The van der Waals surface area contributed by atoms with E-state index in [-0.39, 0.29) is 12.1 Å². The summed E-state index contributed by atoms with van der Waals surface area (Å²) in [5.74, 6) is 0.968. The number of rotatable bonds is 4. The van der Waals surface area contributed by atoms with Crippen LogP contribution in [0.25, 0.3) is 0 Å². The molecule has 2 rings (SSSR count). The van der Waals surface area contributed by atoms with E-state index in [1.165, 1.54) is 0 Å². The molecule has 0 atom stereocenters. The number of nitrogens with zero attached hydrogens (tertiary/aromatic N) is 3. The molecule has 0 fully saturated rings. The van der Waals surface area contributed by atoms with E-state index in [9.17, 15) is 4.79 Å². The molecule has 2 aromatic heterocycles. The lowest BCUT2D eigenvalue weighted by Gasteiger charge is -2.07. The largest absolute Gasteiger partial charge is 0.338 e. The maximum Gasteiger partial charge on any atom is 0.255 e. The van der Waals surface area contributed by atoms with E-state index in [0.29, 0.717) is 12.1 Å². The Balaban J connectivity index is 2.15. The summed E-state index contributed by atoms with van der Waals surface area (Å²) in [5.41, 5.74) is 6.14. The van der Waals surface area contributed by atoms with Crippen LogP contribution < -0.4 is 11.3 Å². The summed E-state index contributed by atoms with van der Waals surface area (Å²) in [6.07, 6.45) is 6.17. The Kier molecular flexibility index (Phi) is 3.39. The maximum atomic E-state index is 11.9. The van der Waals surface area contributed by atoms with Gasteiger partial charge in [-0.15, -0.1) is 0 Å². The Labute approximate surface area is 99.5 Å². The van der Waals surface area contributed by atoms with E-state index in [2.05, 4.69) is 4.98 Å². The number of nitrogens with two attached hydrogens (primary N) is 1. The highest BCUT2D eigenvalue weighted by molar-refractivity contribution is 5.09. The van der Waals surface area contributed by atoms with Crippen molar-refractivity contribution < 1.29 is 0 Å². The second kappa shape index (κ2) is 4.97. The van der Waals surface area contributed by atoms with Crippen LogP contribution in [0.4, 0.5) is 0 Å². The standard InChI is InChI=1S/C12H16N4O/c1-15-8-5-14-11(15)4-7-16-6-2-3-10(9-13)12(16)17/h2-3,5-6,8H,4,7,9,13H2,1H3. The Morgan fingerprint density at radius 1 is 1.41 bits per heavy atom. The summed E-state index contributed by atoms with van der Waals surface area (Å²) >= 11 is 0. The van der Waals surface area contributed by atoms with Crippen LogP contribution in [0.1, 0.15) is 11.4 Å². The van der Waals surface area contributed by atoms with E-state index in [4.69, 9.17) is 5.73 Å². The Bertz CT molecular complexity index is 556. The molecule has 0 saturated carbocycles. The van der Waals surface area contributed by atoms with E-state index >= 15 is 0 Å². The van der Waals surface area contributed by atoms with E-state index in [1.54, 1.807) is 23.0 Å². The molecule has 17 heavy (non-hydrogen) atoms. The highest BCUT2D eigenvalue weighted by Crippen LogP contribution is 1.98. The SMILES string of the molecule is Cn1ccnc1CCn1cccc(CN)c1=O. The van der Waals surface area contributed by atoms with Gasteiger partial charge in [-0.05, 0) is 6.07 Å². The van der Waals surface area contributed by atoms with Gasteiger partial charge in [-0.3, -0.25) is 4.79 Å². The van der Waals surface area contributed by atoms with Crippen molar-refractivity contribution in [3.8, 4) is 0 Å². The summed E-state index contributed by atoms with van der Waals surface area (Å²) in [6.45, 7) is 0.902. The first-order valence-electron chi connectivity index (χ1n) is 5.57. The predicted octanol–water partition coefficient (Wildman–Crippen LogP) is 0.283. The van der Waals surface area contributed by atoms with Crippen LogP contribution in [0.15, 0.2) is 35.5 Å². The molecule has 0 aromatic carbocycles. The Morgan fingerprint density at radius 2 is 2.24 bits per heavy atom. The van der Waals surface area contributed by atoms with Gasteiger partial charge in [-0.25, -0.2) is 4.98 Å². The highest BCUT2D eigenvalue weighted by Gasteiger charge is 2.03. The molecule has 90 valence electrons. The molecule has 0 bridgehead atoms. The third-order valence-electron chi connectivity index (χ3n) is 2.82. The first-order valence-corrected chi connectivity index (χ1v) is 5.57. The molecule has 0 spiro atoms. The topological polar surface area (TPSA) is 65.8 Å².